The van der Waals surface area contributed by atoms with Gasteiger partial charge in [0.05, 0.1) is 4.92 Å². The molecule has 2 rings (SSSR count). The van der Waals surface area contributed by atoms with Crippen LogP contribution in [0.1, 0.15) is 0 Å². The molecule has 0 aliphatic rings. The third-order valence-corrected chi connectivity index (χ3v) is 2.28. The molecule has 0 aliphatic heterocycles. The van der Waals surface area contributed by atoms with Gasteiger partial charge in [0.25, 0.3) is 5.69 Å². The number of nitrogens with zero attached hydrogens (tertiary/aromatic N) is 5. The van der Waals surface area contributed by atoms with Gasteiger partial charge < -0.3 is 15.4 Å². The van der Waals surface area contributed by atoms with Gasteiger partial charge >= 0.3 is 6.01 Å². The molecule has 9 nitrogen and oxygen atoms in total. The number of non-ortho nitro benzene ring substituents is 1. The standard InChI is InChI=1S/C11H12N6O3/c1-16(2)10-13-9(12)14-11(15-10)20-8-5-3-7(4-6-8)17(18)19/h3-6H,1-2H3,(H2,12,13,14,15). The maximum absolute atomic E-state index is 10.5. The fourth-order valence-corrected chi connectivity index (χ4v) is 1.35. The van der Waals surface area contributed by atoms with Crippen LogP contribution in [0.5, 0.6) is 11.8 Å². The van der Waals surface area contributed by atoms with Crippen LogP contribution in [-0.2, 0) is 0 Å². The molecule has 2 aromatic rings. The Bertz CT molecular complexity index is 629. The minimum atomic E-state index is -0.491. The van der Waals surface area contributed by atoms with E-state index in [1.54, 1.807) is 19.0 Å². The predicted molar refractivity (Wildman–Crippen MR) is 71.7 cm³/mol. The van der Waals surface area contributed by atoms with Crippen LogP contribution >= 0.6 is 0 Å². The molecule has 0 atom stereocenters. The highest BCUT2D eigenvalue weighted by Gasteiger charge is 2.09. The number of hydrogen-bond donors (Lipinski definition) is 1. The van der Waals surface area contributed by atoms with Gasteiger partial charge in [-0.2, -0.15) is 15.0 Å². The van der Waals surface area contributed by atoms with Gasteiger partial charge in [0.15, 0.2) is 0 Å². The molecular weight excluding hydrogens is 264 g/mol. The Balaban J connectivity index is 2.23. The molecular formula is C11H12N6O3. The maximum atomic E-state index is 10.5. The van der Waals surface area contributed by atoms with E-state index in [0.717, 1.165) is 0 Å². The van der Waals surface area contributed by atoms with Crippen molar-refractivity contribution in [2.75, 3.05) is 24.7 Å². The van der Waals surface area contributed by atoms with Crippen LogP contribution in [0.2, 0.25) is 0 Å². The minimum absolute atomic E-state index is 0.0232. The van der Waals surface area contributed by atoms with Crippen molar-refractivity contribution >= 4 is 17.6 Å². The normalized spacial score (nSPS) is 10.1. The monoisotopic (exact) mass is 276 g/mol. The van der Waals surface area contributed by atoms with Crippen molar-refractivity contribution in [3.05, 3.63) is 34.4 Å². The highest BCUT2D eigenvalue weighted by atomic mass is 16.6. The second kappa shape index (κ2) is 5.34. The molecule has 104 valence electrons. The highest BCUT2D eigenvalue weighted by molar-refractivity contribution is 5.38. The van der Waals surface area contributed by atoms with E-state index in [1.807, 2.05) is 0 Å². The molecule has 2 N–H and O–H groups in total. The quantitative estimate of drug-likeness (QED) is 0.653. The molecule has 0 amide bonds. The number of nitro groups is 1. The number of ether oxygens (including phenoxy) is 1. The summed E-state index contributed by atoms with van der Waals surface area (Å²) in [5.41, 5.74) is 5.53. The van der Waals surface area contributed by atoms with E-state index in [-0.39, 0.29) is 17.6 Å². The minimum Gasteiger partial charge on any atom is -0.424 e. The SMILES string of the molecule is CN(C)c1nc(N)nc(Oc2ccc([N+](=O)[O-])cc2)n1. The lowest BCUT2D eigenvalue weighted by Gasteiger charge is -2.11. The number of anilines is 2. The second-order valence-corrected chi connectivity index (χ2v) is 4.02. The zero-order valence-corrected chi connectivity index (χ0v) is 10.8. The molecule has 1 aromatic carbocycles. The summed E-state index contributed by atoms with van der Waals surface area (Å²) >= 11 is 0. The Morgan fingerprint density at radius 1 is 1.20 bits per heavy atom. The number of rotatable bonds is 4. The smallest absolute Gasteiger partial charge is 0.328 e. The number of benzene rings is 1. The van der Waals surface area contributed by atoms with Crippen LogP contribution in [0, 0.1) is 10.1 Å². The lowest BCUT2D eigenvalue weighted by molar-refractivity contribution is -0.384. The highest BCUT2D eigenvalue weighted by Crippen LogP contribution is 2.22. The molecule has 0 saturated heterocycles. The fraction of sp³-hybridized carbons (Fsp3) is 0.182. The van der Waals surface area contributed by atoms with Crippen molar-refractivity contribution in [1.82, 2.24) is 15.0 Å². The Kier molecular flexibility index (Phi) is 3.60. The molecule has 1 heterocycles. The van der Waals surface area contributed by atoms with E-state index in [9.17, 15) is 10.1 Å². The zero-order valence-electron chi connectivity index (χ0n) is 10.8. The van der Waals surface area contributed by atoms with Gasteiger partial charge in [0.2, 0.25) is 11.9 Å². The largest absolute Gasteiger partial charge is 0.424 e. The van der Waals surface area contributed by atoms with Crippen LogP contribution in [-0.4, -0.2) is 34.0 Å². The lowest BCUT2D eigenvalue weighted by Crippen LogP contribution is -2.15. The van der Waals surface area contributed by atoms with E-state index in [4.69, 9.17) is 10.5 Å². The first-order valence-corrected chi connectivity index (χ1v) is 5.57. The average Bonchev–Trinajstić information content (AvgIpc) is 2.38. The average molecular weight is 276 g/mol. The van der Waals surface area contributed by atoms with Crippen molar-refractivity contribution in [2.24, 2.45) is 0 Å². The molecule has 0 spiro atoms. The third-order valence-electron chi connectivity index (χ3n) is 2.28. The van der Waals surface area contributed by atoms with Gasteiger partial charge in [-0.15, -0.1) is 0 Å². The lowest BCUT2D eigenvalue weighted by atomic mass is 10.3. The Labute approximate surface area is 114 Å². The molecule has 9 heteroatoms. The summed E-state index contributed by atoms with van der Waals surface area (Å²) in [5.74, 6) is 0.751. The summed E-state index contributed by atoms with van der Waals surface area (Å²) in [4.78, 5) is 23.5. The molecule has 20 heavy (non-hydrogen) atoms. The van der Waals surface area contributed by atoms with Gasteiger partial charge in [0.1, 0.15) is 5.75 Å². The van der Waals surface area contributed by atoms with Crippen LogP contribution in [0.4, 0.5) is 17.6 Å². The van der Waals surface area contributed by atoms with E-state index in [2.05, 4.69) is 15.0 Å². The van der Waals surface area contributed by atoms with Gasteiger partial charge in [0, 0.05) is 26.2 Å². The first-order chi connectivity index (χ1) is 9.45. The van der Waals surface area contributed by atoms with Crippen molar-refractivity contribution in [2.45, 2.75) is 0 Å². The van der Waals surface area contributed by atoms with Gasteiger partial charge in [-0.25, -0.2) is 0 Å². The molecule has 1 aromatic heterocycles. The first-order valence-electron chi connectivity index (χ1n) is 5.57. The topological polar surface area (TPSA) is 120 Å². The van der Waals surface area contributed by atoms with Gasteiger partial charge in [-0.1, -0.05) is 0 Å². The fourth-order valence-electron chi connectivity index (χ4n) is 1.35. The van der Waals surface area contributed by atoms with E-state index < -0.39 is 4.92 Å². The predicted octanol–water partition coefficient (Wildman–Crippen LogP) is 1.22. The molecule has 0 saturated carbocycles. The molecule has 0 unspecified atom stereocenters. The maximum Gasteiger partial charge on any atom is 0.328 e. The van der Waals surface area contributed by atoms with Gasteiger partial charge in [-0.05, 0) is 12.1 Å². The summed E-state index contributed by atoms with van der Waals surface area (Å²) in [6.07, 6.45) is 0. The first kappa shape index (κ1) is 13.5. The summed E-state index contributed by atoms with van der Waals surface area (Å²) in [6, 6.07) is 5.58. The van der Waals surface area contributed by atoms with Crippen molar-refractivity contribution in [3.8, 4) is 11.8 Å². The van der Waals surface area contributed by atoms with Crippen LogP contribution < -0.4 is 15.4 Å². The third kappa shape index (κ3) is 3.07. The number of aromatic nitrogens is 3. The van der Waals surface area contributed by atoms with Crippen molar-refractivity contribution in [1.29, 1.82) is 0 Å². The number of nitrogen functional groups attached to an aromatic ring is 1. The number of nitro benzene ring substituents is 1. The van der Waals surface area contributed by atoms with Gasteiger partial charge in [-0.3, -0.25) is 10.1 Å². The van der Waals surface area contributed by atoms with E-state index >= 15 is 0 Å². The van der Waals surface area contributed by atoms with Crippen LogP contribution in [0.15, 0.2) is 24.3 Å². The van der Waals surface area contributed by atoms with Crippen LogP contribution in [0.3, 0.4) is 0 Å². The summed E-state index contributed by atoms with van der Waals surface area (Å²) in [6.45, 7) is 0. The van der Waals surface area contributed by atoms with E-state index in [0.29, 0.717) is 11.7 Å². The van der Waals surface area contributed by atoms with E-state index in [1.165, 1.54) is 24.3 Å². The zero-order chi connectivity index (χ0) is 14.7. The number of hydrogen-bond acceptors (Lipinski definition) is 8. The molecule has 0 radical (unpaired) electrons. The Morgan fingerprint density at radius 2 is 1.85 bits per heavy atom. The molecule has 0 fully saturated rings. The summed E-state index contributed by atoms with van der Waals surface area (Å²) < 4.78 is 5.39. The summed E-state index contributed by atoms with van der Waals surface area (Å²) in [7, 11) is 3.51. The Hall–Kier alpha value is -2.97. The molecule has 0 bridgehead atoms. The second-order valence-electron chi connectivity index (χ2n) is 4.02. The number of nitrogens with two attached hydrogens (primary N) is 1. The Morgan fingerprint density at radius 3 is 2.40 bits per heavy atom. The molecule has 0 aliphatic carbocycles. The van der Waals surface area contributed by atoms with Crippen molar-refractivity contribution < 1.29 is 9.66 Å². The van der Waals surface area contributed by atoms with Crippen LogP contribution in [0.25, 0.3) is 0 Å². The summed E-state index contributed by atoms with van der Waals surface area (Å²) in [5, 5.41) is 10.5. The van der Waals surface area contributed by atoms with Crippen molar-refractivity contribution in [3.63, 3.8) is 0 Å².